The van der Waals surface area contributed by atoms with Gasteiger partial charge >= 0.3 is 0 Å². The first-order chi connectivity index (χ1) is 15.0. The Morgan fingerprint density at radius 2 is 2.03 bits per heavy atom. The van der Waals surface area contributed by atoms with Gasteiger partial charge in [-0.25, -0.2) is 19.3 Å². The standard InChI is InChI=1S/C17H19ClFN5O.C5H10O2/c1-8(2)24-12-6-9(13-10(18)7-21-16(20)23-13)5-11(19)14(12)22-15(24)17(3,4)25;6-5-2-1-3-7-4-5/h5-8,25H,1-4H3,(H2,20,21,23);5-6H,1-4H2. The SMILES string of the molecule is CC(C)n1c(C(C)(C)O)nc2c(F)cc(-c3nc(N)ncc3Cl)cc21.OC1CCCOC1. The van der Waals surface area contributed by atoms with Crippen molar-refractivity contribution in [2.45, 2.75) is 58.3 Å². The highest BCUT2D eigenvalue weighted by Crippen LogP contribution is 2.34. The Hall–Kier alpha value is -2.33. The van der Waals surface area contributed by atoms with Crippen molar-refractivity contribution in [3.05, 3.63) is 35.0 Å². The molecule has 4 N–H and O–H groups in total. The van der Waals surface area contributed by atoms with E-state index in [0.717, 1.165) is 19.4 Å². The Morgan fingerprint density at radius 3 is 2.56 bits per heavy atom. The van der Waals surface area contributed by atoms with Crippen LogP contribution in [-0.4, -0.2) is 49.0 Å². The monoisotopic (exact) mass is 465 g/mol. The van der Waals surface area contributed by atoms with Crippen molar-refractivity contribution in [3.63, 3.8) is 0 Å². The molecule has 1 aromatic carbocycles. The maximum absolute atomic E-state index is 14.7. The van der Waals surface area contributed by atoms with Gasteiger partial charge in [0.1, 0.15) is 16.9 Å². The number of fused-ring (bicyclic) bond motifs is 1. The van der Waals surface area contributed by atoms with Gasteiger partial charge in [0.25, 0.3) is 0 Å². The molecule has 4 rings (SSSR count). The molecule has 32 heavy (non-hydrogen) atoms. The van der Waals surface area contributed by atoms with Crippen LogP contribution in [-0.2, 0) is 10.3 Å². The van der Waals surface area contributed by atoms with Gasteiger partial charge in [0.2, 0.25) is 5.95 Å². The summed E-state index contributed by atoms with van der Waals surface area (Å²) in [5.74, 6) is -0.0815. The smallest absolute Gasteiger partial charge is 0.220 e. The number of aliphatic hydroxyl groups excluding tert-OH is 1. The molecule has 0 spiro atoms. The minimum atomic E-state index is -1.22. The first-order valence-corrected chi connectivity index (χ1v) is 10.8. The topological polar surface area (TPSA) is 119 Å². The Morgan fingerprint density at radius 1 is 1.31 bits per heavy atom. The molecule has 8 nitrogen and oxygen atoms in total. The highest BCUT2D eigenvalue weighted by molar-refractivity contribution is 6.33. The average molecular weight is 466 g/mol. The van der Waals surface area contributed by atoms with Crippen molar-refractivity contribution >= 4 is 28.6 Å². The number of aliphatic hydroxyl groups is 2. The van der Waals surface area contributed by atoms with Gasteiger partial charge in [0.05, 0.1) is 35.1 Å². The van der Waals surface area contributed by atoms with E-state index in [-0.39, 0.29) is 28.6 Å². The molecule has 1 saturated heterocycles. The van der Waals surface area contributed by atoms with Crippen LogP contribution in [0.2, 0.25) is 5.02 Å². The van der Waals surface area contributed by atoms with Gasteiger partial charge in [0, 0.05) is 18.2 Å². The maximum atomic E-state index is 14.7. The summed E-state index contributed by atoms with van der Waals surface area (Å²) < 4.78 is 21.5. The van der Waals surface area contributed by atoms with E-state index in [2.05, 4.69) is 15.0 Å². The van der Waals surface area contributed by atoms with E-state index < -0.39 is 11.4 Å². The molecule has 1 aliphatic heterocycles. The van der Waals surface area contributed by atoms with Crippen LogP contribution >= 0.6 is 11.6 Å². The molecule has 0 aliphatic carbocycles. The van der Waals surface area contributed by atoms with Crippen LogP contribution in [0.15, 0.2) is 18.3 Å². The molecule has 174 valence electrons. The van der Waals surface area contributed by atoms with Crippen LogP contribution in [0.1, 0.15) is 52.4 Å². The second-order valence-electron chi connectivity index (χ2n) is 8.58. The third-order valence-electron chi connectivity index (χ3n) is 4.98. The number of nitrogens with two attached hydrogens (primary N) is 1. The molecular formula is C22H29ClFN5O3. The number of ether oxygens (including phenoxy) is 1. The van der Waals surface area contributed by atoms with Crippen molar-refractivity contribution in [2.75, 3.05) is 18.9 Å². The lowest BCUT2D eigenvalue weighted by Crippen LogP contribution is -2.23. The normalized spacial score (nSPS) is 16.8. The highest BCUT2D eigenvalue weighted by atomic mass is 35.5. The van der Waals surface area contributed by atoms with E-state index in [1.807, 2.05) is 13.8 Å². The summed E-state index contributed by atoms with van der Waals surface area (Å²) in [6.45, 7) is 8.49. The molecule has 0 saturated carbocycles. The quantitative estimate of drug-likeness (QED) is 0.537. The van der Waals surface area contributed by atoms with Gasteiger partial charge in [-0.2, -0.15) is 0 Å². The van der Waals surface area contributed by atoms with Gasteiger partial charge in [-0.05, 0) is 52.7 Å². The van der Waals surface area contributed by atoms with Crippen LogP contribution in [0, 0.1) is 5.82 Å². The summed E-state index contributed by atoms with van der Waals surface area (Å²) in [7, 11) is 0. The molecule has 3 heterocycles. The lowest BCUT2D eigenvalue weighted by molar-refractivity contribution is -0.00535. The number of anilines is 1. The zero-order valence-corrected chi connectivity index (χ0v) is 19.4. The molecule has 1 unspecified atom stereocenters. The molecule has 0 radical (unpaired) electrons. The molecule has 1 fully saturated rings. The largest absolute Gasteiger partial charge is 0.391 e. The van der Waals surface area contributed by atoms with Gasteiger partial charge in [0.15, 0.2) is 5.82 Å². The Labute approximate surface area is 191 Å². The fraction of sp³-hybridized carbons (Fsp3) is 0.500. The summed E-state index contributed by atoms with van der Waals surface area (Å²) >= 11 is 6.15. The average Bonchev–Trinajstić information content (AvgIpc) is 3.12. The number of halogens is 2. The van der Waals surface area contributed by atoms with E-state index in [9.17, 15) is 9.50 Å². The summed E-state index contributed by atoms with van der Waals surface area (Å²) in [6.07, 6.45) is 3.12. The summed E-state index contributed by atoms with van der Waals surface area (Å²) in [6, 6.07) is 3.02. The van der Waals surface area contributed by atoms with Crippen molar-refractivity contribution in [1.29, 1.82) is 0 Å². The van der Waals surface area contributed by atoms with Crippen LogP contribution in [0.25, 0.3) is 22.3 Å². The third kappa shape index (κ3) is 5.35. The molecular weight excluding hydrogens is 437 g/mol. The van der Waals surface area contributed by atoms with E-state index in [0.29, 0.717) is 29.2 Å². The lowest BCUT2D eigenvalue weighted by Gasteiger charge is -2.21. The van der Waals surface area contributed by atoms with Crippen molar-refractivity contribution in [1.82, 2.24) is 19.5 Å². The molecule has 0 bridgehead atoms. The van der Waals surface area contributed by atoms with E-state index in [1.54, 1.807) is 24.5 Å². The van der Waals surface area contributed by atoms with Crippen molar-refractivity contribution in [2.24, 2.45) is 0 Å². The predicted molar refractivity (Wildman–Crippen MR) is 122 cm³/mol. The summed E-state index contributed by atoms with van der Waals surface area (Å²) in [5, 5.41) is 19.5. The Bertz CT molecular complexity index is 1090. The number of rotatable bonds is 3. The van der Waals surface area contributed by atoms with E-state index >= 15 is 0 Å². The van der Waals surface area contributed by atoms with Gasteiger partial charge in [-0.3, -0.25) is 0 Å². The first kappa shape index (κ1) is 24.3. The van der Waals surface area contributed by atoms with Crippen LogP contribution in [0.3, 0.4) is 0 Å². The zero-order chi connectivity index (χ0) is 23.6. The Balaban J connectivity index is 0.000000352. The fourth-order valence-electron chi connectivity index (χ4n) is 3.55. The maximum Gasteiger partial charge on any atom is 0.220 e. The van der Waals surface area contributed by atoms with E-state index in [1.165, 1.54) is 12.3 Å². The van der Waals surface area contributed by atoms with Crippen molar-refractivity contribution in [3.8, 4) is 11.3 Å². The van der Waals surface area contributed by atoms with Crippen LogP contribution in [0.5, 0.6) is 0 Å². The summed E-state index contributed by atoms with van der Waals surface area (Å²) in [4.78, 5) is 12.3. The predicted octanol–water partition coefficient (Wildman–Crippen LogP) is 3.83. The zero-order valence-electron chi connectivity index (χ0n) is 18.6. The number of nitrogen functional groups attached to an aromatic ring is 1. The molecule has 1 aliphatic rings. The van der Waals surface area contributed by atoms with Crippen molar-refractivity contribution < 1.29 is 19.3 Å². The first-order valence-electron chi connectivity index (χ1n) is 10.5. The minimum Gasteiger partial charge on any atom is -0.391 e. The number of hydrogen-bond donors (Lipinski definition) is 3. The number of hydrogen-bond acceptors (Lipinski definition) is 7. The Kier molecular flexibility index (Phi) is 7.34. The molecule has 0 amide bonds. The second kappa shape index (κ2) is 9.66. The number of imidazole rings is 1. The minimum absolute atomic E-state index is 0.0352. The van der Waals surface area contributed by atoms with Crippen LogP contribution < -0.4 is 5.73 Å². The molecule has 1 atom stereocenters. The number of aromatic nitrogens is 4. The lowest BCUT2D eigenvalue weighted by atomic mass is 10.1. The highest BCUT2D eigenvalue weighted by Gasteiger charge is 2.28. The van der Waals surface area contributed by atoms with Gasteiger partial charge < -0.3 is 25.3 Å². The third-order valence-corrected chi connectivity index (χ3v) is 5.26. The molecule has 3 aromatic rings. The van der Waals surface area contributed by atoms with E-state index in [4.69, 9.17) is 27.2 Å². The molecule has 2 aromatic heterocycles. The number of nitrogens with zero attached hydrogens (tertiary/aromatic N) is 4. The van der Waals surface area contributed by atoms with Gasteiger partial charge in [-0.1, -0.05) is 11.6 Å². The second-order valence-corrected chi connectivity index (χ2v) is 8.99. The van der Waals surface area contributed by atoms with Gasteiger partial charge in [-0.15, -0.1) is 0 Å². The summed E-state index contributed by atoms with van der Waals surface area (Å²) in [5.41, 5.74) is 5.96. The van der Waals surface area contributed by atoms with Crippen LogP contribution in [0.4, 0.5) is 10.3 Å². The fourth-order valence-corrected chi connectivity index (χ4v) is 3.75. The molecule has 10 heteroatoms. The number of benzene rings is 1.